The molecule has 3 heterocycles. The van der Waals surface area contributed by atoms with Crippen molar-refractivity contribution in [1.82, 2.24) is 15.1 Å². The number of hydrogen-bond donors (Lipinski definition) is 2. The van der Waals surface area contributed by atoms with E-state index in [4.69, 9.17) is 4.74 Å². The largest absolute Gasteiger partial charge is 0.444 e. The molecule has 7 nitrogen and oxygen atoms in total. The number of fused-ring (bicyclic) bond motifs is 2. The molecule has 1 unspecified atom stereocenters. The van der Waals surface area contributed by atoms with E-state index in [9.17, 15) is 14.7 Å². The van der Waals surface area contributed by atoms with Gasteiger partial charge in [0.05, 0.1) is 17.5 Å². The summed E-state index contributed by atoms with van der Waals surface area (Å²) in [5.74, 6) is -0.179. The lowest BCUT2D eigenvalue weighted by Gasteiger charge is -2.30. The van der Waals surface area contributed by atoms with Crippen molar-refractivity contribution in [2.75, 3.05) is 26.2 Å². The zero-order valence-electron chi connectivity index (χ0n) is 19.6. The first-order valence-corrected chi connectivity index (χ1v) is 12.3. The van der Waals surface area contributed by atoms with Gasteiger partial charge in [-0.2, -0.15) is 0 Å². The SMILES string of the molecule is CC(C)(C)OC(=O)N1CCc2sc(C(=O)NCC(O)CN3CCc4ccccc4C3)cc2C1. The van der Waals surface area contributed by atoms with Gasteiger partial charge in [0.15, 0.2) is 0 Å². The van der Waals surface area contributed by atoms with Crippen LogP contribution in [0.5, 0.6) is 0 Å². The summed E-state index contributed by atoms with van der Waals surface area (Å²) in [4.78, 5) is 30.7. The molecule has 0 spiro atoms. The van der Waals surface area contributed by atoms with Gasteiger partial charge < -0.3 is 20.1 Å². The van der Waals surface area contributed by atoms with Gasteiger partial charge in [-0.15, -0.1) is 11.3 Å². The van der Waals surface area contributed by atoms with Gasteiger partial charge in [-0.3, -0.25) is 9.69 Å². The highest BCUT2D eigenvalue weighted by Gasteiger charge is 2.28. The molecule has 8 heteroatoms. The fourth-order valence-corrected chi connectivity index (χ4v) is 5.38. The molecular weight excluding hydrogens is 438 g/mol. The molecular formula is C25H33N3O4S. The number of ether oxygens (including phenoxy) is 1. The normalized spacial score (nSPS) is 17.2. The molecule has 0 aliphatic carbocycles. The summed E-state index contributed by atoms with van der Waals surface area (Å²) < 4.78 is 5.47. The Balaban J connectivity index is 1.26. The molecule has 0 fully saturated rings. The van der Waals surface area contributed by atoms with Crippen LogP contribution in [-0.4, -0.2) is 64.8 Å². The third-order valence-electron chi connectivity index (χ3n) is 5.92. The van der Waals surface area contributed by atoms with Crippen LogP contribution >= 0.6 is 11.3 Å². The molecule has 1 aromatic heterocycles. The third-order valence-corrected chi connectivity index (χ3v) is 7.15. The van der Waals surface area contributed by atoms with Gasteiger partial charge in [-0.25, -0.2) is 4.79 Å². The van der Waals surface area contributed by atoms with Crippen LogP contribution in [0.4, 0.5) is 4.79 Å². The minimum absolute atomic E-state index is 0.179. The molecule has 0 bridgehead atoms. The molecule has 2 amide bonds. The van der Waals surface area contributed by atoms with E-state index in [1.54, 1.807) is 4.90 Å². The Labute approximate surface area is 199 Å². The molecule has 2 N–H and O–H groups in total. The molecule has 1 aromatic carbocycles. The van der Waals surface area contributed by atoms with Crippen molar-refractivity contribution in [3.63, 3.8) is 0 Å². The number of benzene rings is 1. The monoisotopic (exact) mass is 471 g/mol. The van der Waals surface area contributed by atoms with Crippen molar-refractivity contribution in [3.8, 4) is 0 Å². The zero-order chi connectivity index (χ0) is 23.6. The number of nitrogens with one attached hydrogen (secondary N) is 1. The summed E-state index contributed by atoms with van der Waals surface area (Å²) >= 11 is 1.47. The fourth-order valence-electron chi connectivity index (χ4n) is 4.30. The minimum atomic E-state index is -0.628. The maximum Gasteiger partial charge on any atom is 0.410 e. The van der Waals surface area contributed by atoms with E-state index in [2.05, 4.69) is 28.4 Å². The zero-order valence-corrected chi connectivity index (χ0v) is 20.4. The molecule has 4 rings (SSSR count). The third kappa shape index (κ3) is 6.13. The summed E-state index contributed by atoms with van der Waals surface area (Å²) in [7, 11) is 0. The predicted octanol–water partition coefficient (Wildman–Crippen LogP) is 3.19. The van der Waals surface area contributed by atoms with Gasteiger partial charge in [0.2, 0.25) is 0 Å². The van der Waals surface area contributed by atoms with Gasteiger partial charge >= 0.3 is 6.09 Å². The molecule has 1 atom stereocenters. The first-order valence-electron chi connectivity index (χ1n) is 11.5. The lowest BCUT2D eigenvalue weighted by atomic mass is 10.00. The number of β-amino-alcohol motifs (C(OH)–C–C–N with tert-alkyl or cyclic N) is 1. The fraction of sp³-hybridized carbons (Fsp3) is 0.520. The Bertz CT molecular complexity index is 1010. The van der Waals surface area contributed by atoms with Crippen molar-refractivity contribution in [2.45, 2.75) is 58.4 Å². The van der Waals surface area contributed by atoms with E-state index in [-0.39, 0.29) is 18.5 Å². The average molecular weight is 472 g/mol. The highest BCUT2D eigenvalue weighted by atomic mass is 32.1. The lowest BCUT2D eigenvalue weighted by Crippen LogP contribution is -2.41. The number of aliphatic hydroxyl groups excluding tert-OH is 1. The number of amides is 2. The van der Waals surface area contributed by atoms with Crippen molar-refractivity contribution in [2.24, 2.45) is 0 Å². The quantitative estimate of drug-likeness (QED) is 0.700. The molecule has 33 heavy (non-hydrogen) atoms. The van der Waals surface area contributed by atoms with Crippen LogP contribution in [0.25, 0.3) is 0 Å². The van der Waals surface area contributed by atoms with Crippen LogP contribution in [0, 0.1) is 0 Å². The molecule has 2 aliphatic heterocycles. The Morgan fingerprint density at radius 2 is 1.88 bits per heavy atom. The molecule has 0 radical (unpaired) electrons. The topological polar surface area (TPSA) is 82.1 Å². The second-order valence-corrected chi connectivity index (χ2v) is 11.0. The number of thiophene rings is 1. The minimum Gasteiger partial charge on any atom is -0.444 e. The van der Waals surface area contributed by atoms with E-state index >= 15 is 0 Å². The van der Waals surface area contributed by atoms with Gasteiger partial charge in [-0.1, -0.05) is 24.3 Å². The van der Waals surface area contributed by atoms with Crippen LogP contribution < -0.4 is 5.32 Å². The highest BCUT2D eigenvalue weighted by molar-refractivity contribution is 7.14. The number of hydrogen-bond acceptors (Lipinski definition) is 6. The van der Waals surface area contributed by atoms with Gasteiger partial charge in [-0.05, 0) is 56.4 Å². The van der Waals surface area contributed by atoms with Crippen LogP contribution in [0.3, 0.4) is 0 Å². The van der Waals surface area contributed by atoms with Crippen LogP contribution in [0.15, 0.2) is 30.3 Å². The van der Waals surface area contributed by atoms with Crippen molar-refractivity contribution in [1.29, 1.82) is 0 Å². The molecule has 2 aliphatic rings. The van der Waals surface area contributed by atoms with Gasteiger partial charge in [0.25, 0.3) is 5.91 Å². The summed E-state index contributed by atoms with van der Waals surface area (Å²) in [6.45, 7) is 9.07. The van der Waals surface area contributed by atoms with E-state index in [0.29, 0.717) is 30.9 Å². The smallest absolute Gasteiger partial charge is 0.410 e. The molecule has 178 valence electrons. The number of carbonyl (C=O) groups excluding carboxylic acids is 2. The Hall–Kier alpha value is -2.42. The summed E-state index contributed by atoms with van der Waals surface area (Å²) in [6.07, 6.45) is 0.743. The standard InChI is InChI=1S/C25H33N3O4S/c1-25(2,3)32-24(31)28-11-9-21-19(15-28)12-22(33-21)23(30)26-13-20(29)16-27-10-8-17-6-4-5-7-18(17)14-27/h4-7,12,20,29H,8-11,13-16H2,1-3H3,(H,26,30). The summed E-state index contributed by atoms with van der Waals surface area (Å²) in [6, 6.07) is 10.3. The Morgan fingerprint density at radius 1 is 1.12 bits per heavy atom. The maximum atomic E-state index is 12.7. The second kappa shape index (κ2) is 9.83. The van der Waals surface area contributed by atoms with Gasteiger partial charge in [0.1, 0.15) is 5.60 Å². The first kappa shape index (κ1) is 23.7. The number of nitrogens with zero attached hydrogens (tertiary/aromatic N) is 2. The first-order chi connectivity index (χ1) is 15.7. The van der Waals surface area contributed by atoms with Crippen molar-refractivity contribution < 1.29 is 19.4 Å². The molecule has 0 saturated heterocycles. The summed E-state index contributed by atoms with van der Waals surface area (Å²) in [5.41, 5.74) is 3.15. The maximum absolute atomic E-state index is 12.7. The second-order valence-electron chi connectivity index (χ2n) is 9.83. The lowest BCUT2D eigenvalue weighted by molar-refractivity contribution is 0.0225. The van der Waals surface area contributed by atoms with E-state index < -0.39 is 11.7 Å². The van der Waals surface area contributed by atoms with Crippen molar-refractivity contribution >= 4 is 23.3 Å². The van der Waals surface area contributed by atoms with Crippen LogP contribution in [0.1, 0.15) is 52.0 Å². The highest BCUT2D eigenvalue weighted by Crippen LogP contribution is 2.29. The average Bonchev–Trinajstić information content (AvgIpc) is 3.20. The van der Waals surface area contributed by atoms with E-state index in [0.717, 1.165) is 30.0 Å². The number of carbonyl (C=O) groups is 2. The Kier molecular flexibility index (Phi) is 7.07. The molecule has 0 saturated carbocycles. The van der Waals surface area contributed by atoms with Crippen molar-refractivity contribution in [3.05, 3.63) is 56.8 Å². The molecule has 2 aromatic rings. The number of aliphatic hydroxyl groups is 1. The van der Waals surface area contributed by atoms with Gasteiger partial charge in [0, 0.05) is 37.6 Å². The van der Waals surface area contributed by atoms with E-state index in [1.165, 1.54) is 22.5 Å². The number of rotatable bonds is 5. The summed E-state index contributed by atoms with van der Waals surface area (Å²) in [5, 5.41) is 13.4. The van der Waals surface area contributed by atoms with Crippen LogP contribution in [0.2, 0.25) is 0 Å². The van der Waals surface area contributed by atoms with Crippen LogP contribution in [-0.2, 0) is 30.7 Å². The predicted molar refractivity (Wildman–Crippen MR) is 128 cm³/mol. The Morgan fingerprint density at radius 3 is 2.64 bits per heavy atom. The van der Waals surface area contributed by atoms with E-state index in [1.807, 2.05) is 32.9 Å².